The van der Waals surface area contributed by atoms with Gasteiger partial charge in [0.1, 0.15) is 12.3 Å². The molecule has 0 atom stereocenters. The van der Waals surface area contributed by atoms with Gasteiger partial charge in [0.05, 0.1) is 4.90 Å². The van der Waals surface area contributed by atoms with Crippen LogP contribution < -0.4 is 4.74 Å². The highest BCUT2D eigenvalue weighted by Gasteiger charge is 2.38. The molecular weight excluding hydrogens is 366 g/mol. The summed E-state index contributed by atoms with van der Waals surface area (Å²) in [4.78, 5) is 24.5. The van der Waals surface area contributed by atoms with Crippen LogP contribution >= 0.6 is 0 Å². The van der Waals surface area contributed by atoms with Crippen molar-refractivity contribution in [1.29, 1.82) is 0 Å². The molecule has 3 aromatic rings. The average Bonchev–Trinajstić information content (AvgIpc) is 2.69. The molecule has 0 unspecified atom stereocenters. The maximum Gasteiger partial charge on any atom is 0.274 e. The second-order valence-corrected chi connectivity index (χ2v) is 7.95. The summed E-state index contributed by atoms with van der Waals surface area (Å²) in [6.07, 6.45) is 0. The molecule has 0 aromatic heterocycles. The molecule has 3 aromatic carbocycles. The molecule has 0 bridgehead atoms. The first-order valence-corrected chi connectivity index (χ1v) is 9.70. The molecule has 0 radical (unpaired) electrons. The largest absolute Gasteiger partial charge is 0.484 e. The van der Waals surface area contributed by atoms with Gasteiger partial charge in [-0.25, -0.2) is 12.7 Å². The lowest BCUT2D eigenvalue weighted by Gasteiger charge is -2.27. The van der Waals surface area contributed by atoms with E-state index in [9.17, 15) is 18.0 Å². The Morgan fingerprint density at radius 3 is 2.48 bits per heavy atom. The molecule has 0 aliphatic carbocycles. The Morgan fingerprint density at radius 2 is 1.67 bits per heavy atom. The van der Waals surface area contributed by atoms with Crippen molar-refractivity contribution in [2.24, 2.45) is 0 Å². The van der Waals surface area contributed by atoms with Crippen molar-refractivity contribution in [3.8, 4) is 5.75 Å². The molecular formula is C20H15NO5S. The maximum absolute atomic E-state index is 12.7. The predicted octanol–water partition coefficient (Wildman–Crippen LogP) is 2.63. The Bertz CT molecular complexity index is 1170. The molecule has 1 aliphatic heterocycles. The first-order valence-electron chi connectivity index (χ1n) is 8.26. The zero-order valence-electron chi connectivity index (χ0n) is 14.2. The van der Waals surface area contributed by atoms with E-state index in [0.717, 1.165) is 10.8 Å². The van der Waals surface area contributed by atoms with Crippen LogP contribution in [0.1, 0.15) is 10.4 Å². The Balaban J connectivity index is 1.55. The Hall–Kier alpha value is -3.19. The minimum Gasteiger partial charge on any atom is -0.484 e. The average molecular weight is 381 g/mol. The van der Waals surface area contributed by atoms with E-state index in [1.165, 1.54) is 18.2 Å². The third-order valence-corrected chi connectivity index (χ3v) is 6.23. The summed E-state index contributed by atoms with van der Waals surface area (Å²) in [5.74, 6) is -0.756. The van der Waals surface area contributed by atoms with Crippen molar-refractivity contribution >= 4 is 32.5 Å². The number of sulfonamides is 1. The molecule has 27 heavy (non-hydrogen) atoms. The molecule has 136 valence electrons. The normalized spacial score (nSPS) is 15.4. The number of hydrogen-bond donors (Lipinski definition) is 0. The standard InChI is InChI=1S/C20H15NO5S/c22-18-12-21(27(24,25)19-8-4-3-7-17(18)19)20(23)13-26-16-10-9-14-5-1-2-6-15(14)11-16/h1-11H,12-13H2. The van der Waals surface area contributed by atoms with Crippen LogP contribution in [0.2, 0.25) is 0 Å². The fourth-order valence-corrected chi connectivity index (χ4v) is 4.59. The molecule has 0 spiro atoms. The number of ketones is 1. The monoisotopic (exact) mass is 381 g/mol. The summed E-state index contributed by atoms with van der Waals surface area (Å²) in [5, 5.41) is 1.97. The van der Waals surface area contributed by atoms with Crippen LogP contribution in [-0.4, -0.2) is 37.6 Å². The molecule has 0 fully saturated rings. The smallest absolute Gasteiger partial charge is 0.274 e. The number of rotatable bonds is 3. The topological polar surface area (TPSA) is 80.8 Å². The van der Waals surface area contributed by atoms with E-state index < -0.39 is 34.9 Å². The molecule has 7 heteroatoms. The Kier molecular flexibility index (Phi) is 4.16. The van der Waals surface area contributed by atoms with E-state index in [1.807, 2.05) is 30.3 Å². The van der Waals surface area contributed by atoms with E-state index in [2.05, 4.69) is 0 Å². The van der Waals surface area contributed by atoms with Gasteiger partial charge in [-0.05, 0) is 35.0 Å². The minimum absolute atomic E-state index is 0.108. The minimum atomic E-state index is -4.07. The Morgan fingerprint density at radius 1 is 0.963 bits per heavy atom. The van der Waals surface area contributed by atoms with Crippen molar-refractivity contribution in [2.45, 2.75) is 4.90 Å². The lowest BCUT2D eigenvalue weighted by Crippen LogP contribution is -2.46. The van der Waals surface area contributed by atoms with Crippen LogP contribution in [0.4, 0.5) is 0 Å². The fourth-order valence-electron chi connectivity index (χ4n) is 3.04. The van der Waals surface area contributed by atoms with Crippen LogP contribution in [0.3, 0.4) is 0 Å². The van der Waals surface area contributed by atoms with E-state index in [-0.39, 0.29) is 10.5 Å². The van der Waals surface area contributed by atoms with E-state index in [0.29, 0.717) is 10.1 Å². The number of ether oxygens (including phenoxy) is 1. The Labute approximate surface area is 156 Å². The van der Waals surface area contributed by atoms with Crippen molar-refractivity contribution in [1.82, 2.24) is 4.31 Å². The first-order chi connectivity index (χ1) is 13.0. The summed E-state index contributed by atoms with van der Waals surface area (Å²) in [6, 6.07) is 18.9. The third kappa shape index (κ3) is 3.06. The number of Topliss-reactive ketones (excluding diaryl/α,β-unsaturated/α-hetero) is 1. The number of hydrogen-bond acceptors (Lipinski definition) is 5. The van der Waals surface area contributed by atoms with Gasteiger partial charge in [0.25, 0.3) is 15.9 Å². The van der Waals surface area contributed by atoms with Crippen molar-refractivity contribution in [3.05, 3.63) is 72.3 Å². The van der Waals surface area contributed by atoms with Crippen molar-refractivity contribution in [3.63, 3.8) is 0 Å². The summed E-state index contributed by atoms with van der Waals surface area (Å²) in [5.41, 5.74) is 0.108. The fraction of sp³-hybridized carbons (Fsp3) is 0.100. The van der Waals surface area contributed by atoms with Gasteiger partial charge in [-0.3, -0.25) is 9.59 Å². The summed E-state index contributed by atoms with van der Waals surface area (Å²) < 4.78 is 31.4. The molecule has 4 rings (SSSR count). The number of amides is 1. The van der Waals surface area contributed by atoms with Crippen LogP contribution in [0.25, 0.3) is 10.8 Å². The molecule has 1 heterocycles. The van der Waals surface area contributed by atoms with Crippen molar-refractivity contribution < 1.29 is 22.7 Å². The molecule has 0 N–H and O–H groups in total. The van der Waals surface area contributed by atoms with Crippen LogP contribution in [0, 0.1) is 0 Å². The quantitative estimate of drug-likeness (QED) is 0.697. The highest BCUT2D eigenvalue weighted by atomic mass is 32.2. The zero-order valence-corrected chi connectivity index (χ0v) is 15.0. The number of nitrogens with zero attached hydrogens (tertiary/aromatic N) is 1. The van der Waals surface area contributed by atoms with Gasteiger partial charge in [0.2, 0.25) is 0 Å². The lowest BCUT2D eigenvalue weighted by molar-refractivity contribution is -0.128. The molecule has 0 saturated carbocycles. The molecule has 1 aliphatic rings. The first kappa shape index (κ1) is 17.2. The van der Waals surface area contributed by atoms with E-state index in [4.69, 9.17) is 4.74 Å². The lowest BCUT2D eigenvalue weighted by atomic mass is 10.1. The second kappa shape index (κ2) is 6.51. The van der Waals surface area contributed by atoms with Gasteiger partial charge in [-0.1, -0.05) is 42.5 Å². The van der Waals surface area contributed by atoms with Gasteiger partial charge < -0.3 is 4.74 Å². The summed E-state index contributed by atoms with van der Waals surface area (Å²) >= 11 is 0. The summed E-state index contributed by atoms with van der Waals surface area (Å²) in [7, 11) is -4.07. The second-order valence-electron chi connectivity index (χ2n) is 6.12. The number of benzene rings is 3. The third-order valence-electron chi connectivity index (χ3n) is 4.40. The van der Waals surface area contributed by atoms with Crippen LogP contribution in [0.5, 0.6) is 5.75 Å². The van der Waals surface area contributed by atoms with Gasteiger partial charge in [0.15, 0.2) is 12.4 Å². The maximum atomic E-state index is 12.7. The SMILES string of the molecule is O=C1CN(C(=O)COc2ccc3ccccc3c2)S(=O)(=O)c2ccccc21. The number of carbonyl (C=O) groups is 2. The van der Waals surface area contributed by atoms with Crippen LogP contribution in [0.15, 0.2) is 71.6 Å². The predicted molar refractivity (Wildman–Crippen MR) is 99.1 cm³/mol. The zero-order chi connectivity index (χ0) is 19.0. The molecule has 6 nitrogen and oxygen atoms in total. The number of carbonyl (C=O) groups excluding carboxylic acids is 2. The van der Waals surface area contributed by atoms with E-state index in [1.54, 1.807) is 18.2 Å². The van der Waals surface area contributed by atoms with Gasteiger partial charge in [-0.15, -0.1) is 0 Å². The highest BCUT2D eigenvalue weighted by Crippen LogP contribution is 2.26. The van der Waals surface area contributed by atoms with Gasteiger partial charge in [0, 0.05) is 5.56 Å². The van der Waals surface area contributed by atoms with Gasteiger partial charge >= 0.3 is 0 Å². The molecule has 0 saturated heterocycles. The van der Waals surface area contributed by atoms with Crippen LogP contribution in [-0.2, 0) is 14.8 Å². The summed E-state index contributed by atoms with van der Waals surface area (Å²) in [6.45, 7) is -0.994. The number of fused-ring (bicyclic) bond motifs is 2. The van der Waals surface area contributed by atoms with Gasteiger partial charge in [-0.2, -0.15) is 0 Å². The van der Waals surface area contributed by atoms with Crippen molar-refractivity contribution in [2.75, 3.05) is 13.2 Å². The highest BCUT2D eigenvalue weighted by molar-refractivity contribution is 7.90. The molecule has 1 amide bonds. The van der Waals surface area contributed by atoms with E-state index >= 15 is 0 Å².